The number of benzene rings is 1. The van der Waals surface area contributed by atoms with Gasteiger partial charge in [-0.05, 0) is 42.7 Å². The second kappa shape index (κ2) is 8.88. The first kappa shape index (κ1) is 20.3. The van der Waals surface area contributed by atoms with E-state index in [1.54, 1.807) is 29.6 Å². The molecule has 0 spiro atoms. The molecule has 0 radical (unpaired) electrons. The Bertz CT molecular complexity index is 1230. The van der Waals surface area contributed by atoms with Gasteiger partial charge in [-0.1, -0.05) is 29.8 Å². The number of nitrogens with zero attached hydrogens (tertiary/aromatic N) is 5. The van der Waals surface area contributed by atoms with Crippen molar-refractivity contribution >= 4 is 17.5 Å². The molecule has 1 aliphatic heterocycles. The molecular formula is C24H20ClN5O2. The van der Waals surface area contributed by atoms with Gasteiger partial charge in [0.2, 0.25) is 5.89 Å². The molecule has 0 bridgehead atoms. The Morgan fingerprint density at radius 1 is 1.09 bits per heavy atom. The second-order valence-corrected chi connectivity index (χ2v) is 8.10. The molecule has 0 saturated carbocycles. The zero-order chi connectivity index (χ0) is 21.9. The second-order valence-electron chi connectivity index (χ2n) is 7.66. The zero-order valence-electron chi connectivity index (χ0n) is 17.2. The molecule has 7 nitrogen and oxygen atoms in total. The molecule has 3 aromatic heterocycles. The van der Waals surface area contributed by atoms with Crippen molar-refractivity contribution in [2.24, 2.45) is 0 Å². The largest absolute Gasteiger partial charge is 0.443 e. The SMILES string of the molecule is O=C(c1cccc(-c2cncnc2)n1)N1CCCC1c1ncc(Cc2ccc(Cl)cc2)o1. The summed E-state index contributed by atoms with van der Waals surface area (Å²) in [6, 6.07) is 12.8. The van der Waals surface area contributed by atoms with Gasteiger partial charge in [0.15, 0.2) is 0 Å². The summed E-state index contributed by atoms with van der Waals surface area (Å²) in [5.74, 6) is 1.18. The number of hydrogen-bond acceptors (Lipinski definition) is 6. The molecule has 0 N–H and O–H groups in total. The van der Waals surface area contributed by atoms with Crippen molar-refractivity contribution in [2.75, 3.05) is 6.54 Å². The fraction of sp³-hybridized carbons (Fsp3) is 0.208. The lowest BCUT2D eigenvalue weighted by molar-refractivity contribution is 0.0708. The summed E-state index contributed by atoms with van der Waals surface area (Å²) < 4.78 is 6.04. The number of aromatic nitrogens is 4. The van der Waals surface area contributed by atoms with Gasteiger partial charge in [0.05, 0.1) is 11.9 Å². The quantitative estimate of drug-likeness (QED) is 0.440. The minimum atomic E-state index is -0.202. The van der Waals surface area contributed by atoms with E-state index in [4.69, 9.17) is 16.0 Å². The maximum Gasteiger partial charge on any atom is 0.273 e. The van der Waals surface area contributed by atoms with Crippen molar-refractivity contribution in [3.8, 4) is 11.3 Å². The molecule has 1 atom stereocenters. The normalized spacial score (nSPS) is 15.8. The van der Waals surface area contributed by atoms with Crippen LogP contribution in [0.4, 0.5) is 0 Å². The van der Waals surface area contributed by atoms with Crippen molar-refractivity contribution in [2.45, 2.75) is 25.3 Å². The molecule has 4 heterocycles. The first-order valence-corrected chi connectivity index (χ1v) is 10.8. The third-order valence-corrected chi connectivity index (χ3v) is 5.74. The molecule has 5 rings (SSSR count). The Morgan fingerprint density at radius 3 is 2.72 bits per heavy atom. The van der Waals surface area contributed by atoms with Gasteiger partial charge >= 0.3 is 0 Å². The van der Waals surface area contributed by atoms with E-state index < -0.39 is 0 Å². The van der Waals surface area contributed by atoms with Gasteiger partial charge in [0.1, 0.15) is 23.8 Å². The maximum atomic E-state index is 13.3. The molecule has 8 heteroatoms. The van der Waals surface area contributed by atoms with Crippen LogP contribution in [-0.2, 0) is 6.42 Å². The molecule has 4 aromatic rings. The topological polar surface area (TPSA) is 85.0 Å². The van der Waals surface area contributed by atoms with E-state index in [-0.39, 0.29) is 11.9 Å². The predicted molar refractivity (Wildman–Crippen MR) is 119 cm³/mol. The summed E-state index contributed by atoms with van der Waals surface area (Å²) in [6.07, 6.45) is 8.86. The Kier molecular flexibility index (Phi) is 5.64. The van der Waals surface area contributed by atoms with E-state index in [0.29, 0.717) is 35.3 Å². The summed E-state index contributed by atoms with van der Waals surface area (Å²) in [4.78, 5) is 32.2. The van der Waals surface area contributed by atoms with Crippen molar-refractivity contribution in [1.82, 2.24) is 24.8 Å². The van der Waals surface area contributed by atoms with E-state index in [2.05, 4.69) is 19.9 Å². The van der Waals surface area contributed by atoms with Gasteiger partial charge in [0.25, 0.3) is 5.91 Å². The molecule has 1 aliphatic rings. The van der Waals surface area contributed by atoms with Crippen LogP contribution in [0.25, 0.3) is 11.3 Å². The number of hydrogen-bond donors (Lipinski definition) is 0. The lowest BCUT2D eigenvalue weighted by Crippen LogP contribution is -2.31. The molecule has 1 aromatic carbocycles. The van der Waals surface area contributed by atoms with Gasteiger partial charge in [-0.15, -0.1) is 0 Å². The Labute approximate surface area is 190 Å². The van der Waals surface area contributed by atoms with Crippen LogP contribution in [0, 0.1) is 0 Å². The highest BCUT2D eigenvalue weighted by molar-refractivity contribution is 6.30. The van der Waals surface area contributed by atoms with E-state index in [1.165, 1.54) is 6.33 Å². The molecule has 1 unspecified atom stereocenters. The summed E-state index contributed by atoms with van der Waals surface area (Å²) in [5, 5.41) is 0.699. The molecule has 32 heavy (non-hydrogen) atoms. The van der Waals surface area contributed by atoms with Crippen LogP contribution in [0.5, 0.6) is 0 Å². The smallest absolute Gasteiger partial charge is 0.273 e. The number of pyridine rings is 1. The minimum Gasteiger partial charge on any atom is -0.443 e. The van der Waals surface area contributed by atoms with E-state index in [1.807, 2.05) is 36.4 Å². The molecule has 1 amide bonds. The molecule has 160 valence electrons. The van der Waals surface area contributed by atoms with Crippen molar-refractivity contribution in [1.29, 1.82) is 0 Å². The number of carbonyl (C=O) groups excluding carboxylic acids is 1. The third kappa shape index (κ3) is 4.24. The fourth-order valence-electron chi connectivity index (χ4n) is 3.92. The number of rotatable bonds is 5. The van der Waals surface area contributed by atoms with Crippen LogP contribution in [0.3, 0.4) is 0 Å². The highest BCUT2D eigenvalue weighted by Gasteiger charge is 2.34. The number of carbonyl (C=O) groups is 1. The van der Waals surface area contributed by atoms with Crippen LogP contribution in [0.1, 0.15) is 46.6 Å². The highest BCUT2D eigenvalue weighted by Crippen LogP contribution is 2.33. The van der Waals surface area contributed by atoms with Crippen molar-refractivity contribution < 1.29 is 9.21 Å². The van der Waals surface area contributed by atoms with E-state index >= 15 is 0 Å². The van der Waals surface area contributed by atoms with Crippen LogP contribution >= 0.6 is 11.6 Å². The molecule has 1 saturated heterocycles. The molecule has 0 aliphatic carbocycles. The molecular weight excluding hydrogens is 426 g/mol. The third-order valence-electron chi connectivity index (χ3n) is 5.49. The first-order chi connectivity index (χ1) is 15.7. The van der Waals surface area contributed by atoms with Crippen LogP contribution in [0.15, 0.2) is 71.8 Å². The average molecular weight is 446 g/mol. The number of oxazole rings is 1. The zero-order valence-corrected chi connectivity index (χ0v) is 17.9. The number of likely N-dealkylation sites (tertiary alicyclic amines) is 1. The number of halogens is 1. The van der Waals surface area contributed by atoms with Gasteiger partial charge in [-0.3, -0.25) is 4.79 Å². The van der Waals surface area contributed by atoms with Gasteiger partial charge in [0, 0.05) is 35.9 Å². The fourth-order valence-corrected chi connectivity index (χ4v) is 4.05. The average Bonchev–Trinajstić information content (AvgIpc) is 3.50. The molecule has 1 fully saturated rings. The van der Waals surface area contributed by atoms with Crippen molar-refractivity contribution in [3.05, 3.63) is 95.3 Å². The lowest BCUT2D eigenvalue weighted by atomic mass is 10.1. The first-order valence-electron chi connectivity index (χ1n) is 10.4. The van der Waals surface area contributed by atoms with E-state index in [9.17, 15) is 4.79 Å². The summed E-state index contributed by atoms with van der Waals surface area (Å²) >= 11 is 5.96. The van der Waals surface area contributed by atoms with Gasteiger partial charge in [-0.25, -0.2) is 19.9 Å². The van der Waals surface area contributed by atoms with Gasteiger partial charge < -0.3 is 9.32 Å². The Balaban J connectivity index is 1.34. The summed E-state index contributed by atoms with van der Waals surface area (Å²) in [6.45, 7) is 0.638. The Hall–Kier alpha value is -3.58. The maximum absolute atomic E-state index is 13.3. The summed E-state index contributed by atoms with van der Waals surface area (Å²) in [5.41, 5.74) is 2.89. The van der Waals surface area contributed by atoms with E-state index in [0.717, 1.165) is 29.7 Å². The predicted octanol–water partition coefficient (Wildman–Crippen LogP) is 4.75. The standard InChI is InChI=1S/C24H20ClN5O2/c25-18-8-6-16(7-9-18)11-19-14-28-23(32-19)22-5-2-10-30(22)24(31)21-4-1-3-20(29-21)17-12-26-15-27-13-17/h1,3-4,6-9,12-15,22H,2,5,10-11H2. The lowest BCUT2D eigenvalue weighted by Gasteiger charge is -2.22. The number of amides is 1. The van der Waals surface area contributed by atoms with Crippen LogP contribution in [0.2, 0.25) is 5.02 Å². The van der Waals surface area contributed by atoms with Crippen molar-refractivity contribution in [3.63, 3.8) is 0 Å². The summed E-state index contributed by atoms with van der Waals surface area (Å²) in [7, 11) is 0. The highest BCUT2D eigenvalue weighted by atomic mass is 35.5. The van der Waals surface area contributed by atoms with Crippen LogP contribution < -0.4 is 0 Å². The minimum absolute atomic E-state index is 0.136. The Morgan fingerprint density at radius 2 is 1.91 bits per heavy atom. The monoisotopic (exact) mass is 445 g/mol. The van der Waals surface area contributed by atoms with Crippen LogP contribution in [-0.4, -0.2) is 37.3 Å². The van der Waals surface area contributed by atoms with Gasteiger partial charge in [-0.2, -0.15) is 0 Å².